The smallest absolute Gasteiger partial charge is 0.222 e. The molecule has 1 fully saturated rings. The Morgan fingerprint density at radius 1 is 1.29 bits per heavy atom. The summed E-state index contributed by atoms with van der Waals surface area (Å²) in [5.74, 6) is 0.993. The van der Waals surface area contributed by atoms with Crippen molar-refractivity contribution in [3.8, 4) is 0 Å². The molecule has 1 aliphatic heterocycles. The predicted molar refractivity (Wildman–Crippen MR) is 89.5 cm³/mol. The lowest BCUT2D eigenvalue weighted by molar-refractivity contribution is -0.130. The predicted octanol–water partition coefficient (Wildman–Crippen LogP) is 3.15. The number of benzene rings is 1. The molecule has 4 heteroatoms. The number of nitrogens with one attached hydrogen (secondary N) is 1. The molecular formula is C17H26N2OS. The Morgan fingerprint density at radius 3 is 2.57 bits per heavy atom. The first-order valence-corrected chi connectivity index (χ1v) is 8.99. The van der Waals surface area contributed by atoms with Gasteiger partial charge in [-0.2, -0.15) is 0 Å². The first-order chi connectivity index (χ1) is 10.2. The van der Waals surface area contributed by atoms with Gasteiger partial charge in [0.25, 0.3) is 0 Å². The topological polar surface area (TPSA) is 32.3 Å². The van der Waals surface area contributed by atoms with Gasteiger partial charge in [-0.3, -0.25) is 4.79 Å². The maximum absolute atomic E-state index is 12.2. The van der Waals surface area contributed by atoms with E-state index in [4.69, 9.17) is 0 Å². The van der Waals surface area contributed by atoms with Gasteiger partial charge in [-0.05, 0) is 62.2 Å². The highest BCUT2D eigenvalue weighted by molar-refractivity contribution is 7.98. The first-order valence-electron chi connectivity index (χ1n) is 7.76. The summed E-state index contributed by atoms with van der Waals surface area (Å²) in [6.45, 7) is 2.92. The van der Waals surface area contributed by atoms with Crippen LogP contribution in [0.4, 0.5) is 0 Å². The van der Waals surface area contributed by atoms with Crippen LogP contribution in [-0.2, 0) is 11.3 Å². The van der Waals surface area contributed by atoms with Crippen LogP contribution in [0.3, 0.4) is 0 Å². The molecule has 1 aromatic rings. The van der Waals surface area contributed by atoms with E-state index in [1.54, 1.807) is 11.8 Å². The van der Waals surface area contributed by atoms with Crippen LogP contribution < -0.4 is 5.32 Å². The number of hydrogen-bond donors (Lipinski definition) is 1. The van der Waals surface area contributed by atoms with Gasteiger partial charge in [-0.15, -0.1) is 11.8 Å². The van der Waals surface area contributed by atoms with Crippen LogP contribution >= 0.6 is 11.8 Å². The standard InChI is InChI=1S/C17H26N2OS/c1-19(13-15-3-6-16(21-2)7-4-15)17(20)8-5-14-9-11-18-12-10-14/h3-4,6-7,14,18H,5,8-13H2,1-2H3. The molecule has 0 aromatic heterocycles. The summed E-state index contributed by atoms with van der Waals surface area (Å²) in [7, 11) is 1.91. The van der Waals surface area contributed by atoms with Gasteiger partial charge in [0.15, 0.2) is 0 Å². The monoisotopic (exact) mass is 306 g/mol. The number of rotatable bonds is 6. The second kappa shape index (κ2) is 8.44. The molecule has 0 spiro atoms. The fraction of sp³-hybridized carbons (Fsp3) is 0.588. The lowest BCUT2D eigenvalue weighted by Gasteiger charge is -2.23. The average Bonchev–Trinajstić information content (AvgIpc) is 2.54. The van der Waals surface area contributed by atoms with Gasteiger partial charge in [0.2, 0.25) is 5.91 Å². The largest absolute Gasteiger partial charge is 0.341 e. The number of carbonyl (C=O) groups is 1. The van der Waals surface area contributed by atoms with Crippen LogP contribution in [0.25, 0.3) is 0 Å². The average molecular weight is 306 g/mol. The summed E-state index contributed by atoms with van der Waals surface area (Å²) in [5, 5.41) is 3.37. The maximum atomic E-state index is 12.2. The SMILES string of the molecule is CSc1ccc(CN(C)C(=O)CCC2CCNCC2)cc1. The summed E-state index contributed by atoms with van der Waals surface area (Å²) >= 11 is 1.74. The summed E-state index contributed by atoms with van der Waals surface area (Å²) in [5.41, 5.74) is 1.20. The number of nitrogens with zero attached hydrogens (tertiary/aromatic N) is 1. The minimum Gasteiger partial charge on any atom is -0.341 e. The van der Waals surface area contributed by atoms with Gasteiger partial charge in [-0.1, -0.05) is 12.1 Å². The zero-order chi connectivity index (χ0) is 15.1. The van der Waals surface area contributed by atoms with E-state index in [-0.39, 0.29) is 5.91 Å². The van der Waals surface area contributed by atoms with Crippen LogP contribution in [-0.4, -0.2) is 37.2 Å². The molecule has 1 saturated heterocycles. The van der Waals surface area contributed by atoms with Crippen LogP contribution in [0.5, 0.6) is 0 Å². The molecule has 1 N–H and O–H groups in total. The Hall–Kier alpha value is -1.00. The van der Waals surface area contributed by atoms with Crippen molar-refractivity contribution < 1.29 is 4.79 Å². The molecule has 116 valence electrons. The molecule has 0 saturated carbocycles. The van der Waals surface area contributed by atoms with Gasteiger partial charge >= 0.3 is 0 Å². The van der Waals surface area contributed by atoms with Crippen molar-refractivity contribution in [3.63, 3.8) is 0 Å². The highest BCUT2D eigenvalue weighted by Crippen LogP contribution is 2.19. The van der Waals surface area contributed by atoms with E-state index in [0.29, 0.717) is 13.0 Å². The van der Waals surface area contributed by atoms with Crippen LogP contribution in [0, 0.1) is 5.92 Å². The van der Waals surface area contributed by atoms with E-state index in [1.165, 1.54) is 23.3 Å². The highest BCUT2D eigenvalue weighted by Gasteiger charge is 2.16. The Bertz CT molecular complexity index is 441. The Labute approximate surface area is 132 Å². The second-order valence-electron chi connectivity index (χ2n) is 5.83. The van der Waals surface area contributed by atoms with E-state index in [1.807, 2.05) is 11.9 Å². The second-order valence-corrected chi connectivity index (χ2v) is 6.71. The van der Waals surface area contributed by atoms with Crippen molar-refractivity contribution >= 4 is 17.7 Å². The molecule has 1 heterocycles. The van der Waals surface area contributed by atoms with Crippen LogP contribution in [0.1, 0.15) is 31.2 Å². The van der Waals surface area contributed by atoms with Crippen molar-refractivity contribution in [1.29, 1.82) is 0 Å². The van der Waals surface area contributed by atoms with E-state index in [9.17, 15) is 4.79 Å². The number of carbonyl (C=O) groups excluding carboxylic acids is 1. The number of piperidine rings is 1. The third-order valence-electron chi connectivity index (χ3n) is 4.23. The van der Waals surface area contributed by atoms with Crippen molar-refractivity contribution in [3.05, 3.63) is 29.8 Å². The molecule has 0 radical (unpaired) electrons. The molecule has 0 unspecified atom stereocenters. The molecule has 1 aromatic carbocycles. The summed E-state index contributed by atoms with van der Waals surface area (Å²) in [6, 6.07) is 8.46. The zero-order valence-corrected chi connectivity index (χ0v) is 13.9. The Morgan fingerprint density at radius 2 is 1.95 bits per heavy atom. The van der Waals surface area contributed by atoms with Gasteiger partial charge < -0.3 is 10.2 Å². The molecular weight excluding hydrogens is 280 g/mol. The molecule has 3 nitrogen and oxygen atoms in total. The lowest BCUT2D eigenvalue weighted by atomic mass is 9.93. The van der Waals surface area contributed by atoms with Crippen molar-refractivity contribution in [2.45, 2.75) is 37.1 Å². The van der Waals surface area contributed by atoms with Gasteiger partial charge in [0, 0.05) is 24.9 Å². The quantitative estimate of drug-likeness (QED) is 0.820. The minimum atomic E-state index is 0.266. The van der Waals surface area contributed by atoms with Crippen LogP contribution in [0.15, 0.2) is 29.2 Å². The Balaban J connectivity index is 1.75. The molecule has 0 aliphatic carbocycles. The fourth-order valence-electron chi connectivity index (χ4n) is 2.78. The Kier molecular flexibility index (Phi) is 6.58. The normalized spacial score (nSPS) is 15.9. The number of hydrogen-bond acceptors (Lipinski definition) is 3. The molecule has 0 bridgehead atoms. The van der Waals surface area contributed by atoms with E-state index >= 15 is 0 Å². The van der Waals surface area contributed by atoms with Gasteiger partial charge in [0.1, 0.15) is 0 Å². The van der Waals surface area contributed by atoms with Crippen molar-refractivity contribution in [2.75, 3.05) is 26.4 Å². The number of thioether (sulfide) groups is 1. The fourth-order valence-corrected chi connectivity index (χ4v) is 3.19. The number of amides is 1. The highest BCUT2D eigenvalue weighted by atomic mass is 32.2. The third-order valence-corrected chi connectivity index (χ3v) is 4.97. The van der Waals surface area contributed by atoms with E-state index in [0.717, 1.165) is 25.4 Å². The van der Waals surface area contributed by atoms with Crippen molar-refractivity contribution in [1.82, 2.24) is 10.2 Å². The molecule has 2 rings (SSSR count). The van der Waals surface area contributed by atoms with E-state index < -0.39 is 0 Å². The van der Waals surface area contributed by atoms with E-state index in [2.05, 4.69) is 35.8 Å². The van der Waals surface area contributed by atoms with Gasteiger partial charge in [0.05, 0.1) is 0 Å². The third kappa shape index (κ3) is 5.36. The molecule has 1 amide bonds. The molecule has 1 aliphatic rings. The van der Waals surface area contributed by atoms with Crippen molar-refractivity contribution in [2.24, 2.45) is 5.92 Å². The van der Waals surface area contributed by atoms with Gasteiger partial charge in [-0.25, -0.2) is 0 Å². The zero-order valence-electron chi connectivity index (χ0n) is 13.1. The lowest BCUT2D eigenvalue weighted by Crippen LogP contribution is -2.30. The molecule has 21 heavy (non-hydrogen) atoms. The molecule has 0 atom stereocenters. The maximum Gasteiger partial charge on any atom is 0.222 e. The minimum absolute atomic E-state index is 0.266. The summed E-state index contributed by atoms with van der Waals surface area (Å²) in [4.78, 5) is 15.3. The van der Waals surface area contributed by atoms with Crippen LogP contribution in [0.2, 0.25) is 0 Å². The summed E-state index contributed by atoms with van der Waals surface area (Å²) in [6.07, 6.45) is 6.23. The summed E-state index contributed by atoms with van der Waals surface area (Å²) < 4.78 is 0. The first kappa shape index (κ1) is 16.4.